The molecule has 1 aliphatic rings. The largest absolute Gasteiger partial charge is 0.349 e. The smallest absolute Gasteiger partial charge is 0.222 e. The molecule has 0 aliphatic heterocycles. The molecule has 4 heteroatoms. The molecule has 0 aromatic carbocycles. The number of carbonyl (C=O) groups excluding carboxylic acids is 1. The minimum Gasteiger partial charge on any atom is -0.349 e. The van der Waals surface area contributed by atoms with Crippen LogP contribution in [0.2, 0.25) is 0 Å². The van der Waals surface area contributed by atoms with Crippen LogP contribution >= 0.6 is 11.3 Å². The minimum atomic E-state index is -0.251. The number of nitrogens with two attached hydrogens (primary N) is 1. The van der Waals surface area contributed by atoms with Gasteiger partial charge in [-0.2, -0.15) is 0 Å². The van der Waals surface area contributed by atoms with Crippen molar-refractivity contribution in [3.05, 3.63) is 22.4 Å². The van der Waals surface area contributed by atoms with Gasteiger partial charge >= 0.3 is 0 Å². The van der Waals surface area contributed by atoms with Gasteiger partial charge in [-0.25, -0.2) is 0 Å². The number of hydrogen-bond donors (Lipinski definition) is 2. The van der Waals surface area contributed by atoms with E-state index >= 15 is 0 Å². The van der Waals surface area contributed by atoms with E-state index in [1.54, 1.807) is 11.3 Å². The van der Waals surface area contributed by atoms with E-state index in [1.165, 1.54) is 4.88 Å². The van der Waals surface area contributed by atoms with Crippen molar-refractivity contribution < 1.29 is 4.79 Å². The van der Waals surface area contributed by atoms with Crippen molar-refractivity contribution in [1.82, 2.24) is 5.32 Å². The molecule has 94 valence electrons. The molecule has 1 aromatic heterocycles. The van der Waals surface area contributed by atoms with Gasteiger partial charge in [0.25, 0.3) is 0 Å². The summed E-state index contributed by atoms with van der Waals surface area (Å²) in [5.41, 5.74) is 5.95. The lowest BCUT2D eigenvalue weighted by Gasteiger charge is -2.23. The predicted octanol–water partition coefficient (Wildman–Crippen LogP) is 2.59. The van der Waals surface area contributed by atoms with Gasteiger partial charge in [-0.3, -0.25) is 4.79 Å². The second-order valence-corrected chi connectivity index (χ2v) is 6.03. The third-order valence-electron chi connectivity index (χ3n) is 3.46. The quantitative estimate of drug-likeness (QED) is 0.865. The maximum atomic E-state index is 11.9. The Balaban J connectivity index is 1.85. The summed E-state index contributed by atoms with van der Waals surface area (Å²) in [4.78, 5) is 13.1. The summed E-state index contributed by atoms with van der Waals surface area (Å²) in [5.74, 6) is 0.0790. The predicted molar refractivity (Wildman–Crippen MR) is 70.9 cm³/mol. The van der Waals surface area contributed by atoms with Crippen LogP contribution in [0, 0.1) is 0 Å². The first-order valence-electron chi connectivity index (χ1n) is 6.21. The molecule has 0 saturated heterocycles. The molecule has 1 fully saturated rings. The van der Waals surface area contributed by atoms with Gasteiger partial charge < -0.3 is 11.1 Å². The Bertz CT molecular complexity index is 369. The highest BCUT2D eigenvalue weighted by Crippen LogP contribution is 2.30. The average Bonchev–Trinajstić information content (AvgIpc) is 2.88. The molecule has 17 heavy (non-hydrogen) atoms. The Morgan fingerprint density at radius 3 is 2.88 bits per heavy atom. The Kier molecular flexibility index (Phi) is 3.84. The molecule has 1 saturated carbocycles. The SMILES string of the molecule is CC(NC(=O)CC1(N)CCCC1)c1cccs1. The molecular weight excluding hydrogens is 232 g/mol. The summed E-state index contributed by atoms with van der Waals surface area (Å²) in [6, 6.07) is 4.14. The van der Waals surface area contributed by atoms with E-state index in [0.29, 0.717) is 6.42 Å². The van der Waals surface area contributed by atoms with Gasteiger partial charge in [0.15, 0.2) is 0 Å². The van der Waals surface area contributed by atoms with Crippen molar-refractivity contribution in [3.63, 3.8) is 0 Å². The Hall–Kier alpha value is -0.870. The van der Waals surface area contributed by atoms with Crippen LogP contribution in [0.1, 0.15) is 49.9 Å². The van der Waals surface area contributed by atoms with Gasteiger partial charge in [0, 0.05) is 16.8 Å². The van der Waals surface area contributed by atoms with Crippen molar-refractivity contribution in [3.8, 4) is 0 Å². The zero-order valence-electron chi connectivity index (χ0n) is 10.2. The molecule has 1 aliphatic carbocycles. The van der Waals surface area contributed by atoms with E-state index < -0.39 is 0 Å². The fraction of sp³-hybridized carbons (Fsp3) is 0.615. The number of rotatable bonds is 4. The van der Waals surface area contributed by atoms with Gasteiger partial charge in [-0.1, -0.05) is 18.9 Å². The van der Waals surface area contributed by atoms with Crippen molar-refractivity contribution in [1.29, 1.82) is 0 Å². The number of thiophene rings is 1. The number of nitrogens with one attached hydrogen (secondary N) is 1. The number of amides is 1. The third kappa shape index (κ3) is 3.30. The summed E-state index contributed by atoms with van der Waals surface area (Å²) in [5, 5.41) is 5.05. The normalized spacial score (nSPS) is 20.1. The summed E-state index contributed by atoms with van der Waals surface area (Å²) >= 11 is 1.67. The summed E-state index contributed by atoms with van der Waals surface area (Å²) in [7, 11) is 0. The van der Waals surface area contributed by atoms with Crippen LogP contribution in [0.4, 0.5) is 0 Å². The lowest BCUT2D eigenvalue weighted by atomic mass is 9.94. The van der Waals surface area contributed by atoms with Crippen LogP contribution in [0.25, 0.3) is 0 Å². The highest BCUT2D eigenvalue weighted by molar-refractivity contribution is 7.10. The van der Waals surface area contributed by atoms with Crippen molar-refractivity contribution in [2.24, 2.45) is 5.73 Å². The highest BCUT2D eigenvalue weighted by Gasteiger charge is 2.31. The monoisotopic (exact) mass is 252 g/mol. The number of hydrogen-bond acceptors (Lipinski definition) is 3. The standard InChI is InChI=1S/C13H20N2OS/c1-10(11-5-4-8-17-11)15-12(16)9-13(14)6-2-3-7-13/h4-5,8,10H,2-3,6-7,9,14H2,1H3,(H,15,16). The molecule has 0 bridgehead atoms. The molecular formula is C13H20N2OS. The first kappa shape index (κ1) is 12.6. The Morgan fingerprint density at radius 2 is 2.29 bits per heavy atom. The fourth-order valence-corrected chi connectivity index (χ4v) is 3.21. The molecule has 1 aromatic rings. The summed E-state index contributed by atoms with van der Waals surface area (Å²) < 4.78 is 0. The van der Waals surface area contributed by atoms with Crippen LogP contribution in [0.5, 0.6) is 0 Å². The molecule has 3 N–H and O–H groups in total. The van der Waals surface area contributed by atoms with Crippen LogP contribution < -0.4 is 11.1 Å². The van der Waals surface area contributed by atoms with E-state index in [0.717, 1.165) is 25.7 Å². The lowest BCUT2D eigenvalue weighted by Crippen LogP contribution is -2.42. The minimum absolute atomic E-state index is 0.0790. The maximum absolute atomic E-state index is 11.9. The molecule has 0 spiro atoms. The Labute approximate surface area is 106 Å². The zero-order chi connectivity index (χ0) is 12.3. The molecule has 1 amide bonds. The third-order valence-corrected chi connectivity index (χ3v) is 4.51. The van der Waals surface area contributed by atoms with Crippen LogP contribution in [-0.2, 0) is 4.79 Å². The topological polar surface area (TPSA) is 55.1 Å². The second kappa shape index (κ2) is 5.19. The number of carbonyl (C=O) groups is 1. The maximum Gasteiger partial charge on any atom is 0.222 e. The lowest BCUT2D eigenvalue weighted by molar-refractivity contribution is -0.122. The first-order chi connectivity index (χ1) is 8.09. The van der Waals surface area contributed by atoms with E-state index in [-0.39, 0.29) is 17.5 Å². The average molecular weight is 252 g/mol. The fourth-order valence-electron chi connectivity index (χ4n) is 2.48. The Morgan fingerprint density at radius 1 is 1.59 bits per heavy atom. The van der Waals surface area contributed by atoms with E-state index in [9.17, 15) is 4.79 Å². The second-order valence-electron chi connectivity index (χ2n) is 5.05. The van der Waals surface area contributed by atoms with Gasteiger partial charge in [-0.15, -0.1) is 11.3 Å². The molecule has 1 unspecified atom stereocenters. The van der Waals surface area contributed by atoms with Crippen molar-refractivity contribution in [2.45, 2.75) is 50.6 Å². The molecule has 2 rings (SSSR count). The summed E-state index contributed by atoms with van der Waals surface area (Å²) in [6.07, 6.45) is 4.73. The van der Waals surface area contributed by atoms with E-state index in [2.05, 4.69) is 5.32 Å². The van der Waals surface area contributed by atoms with Gasteiger partial charge in [-0.05, 0) is 31.2 Å². The van der Waals surface area contributed by atoms with Crippen LogP contribution in [0.3, 0.4) is 0 Å². The first-order valence-corrected chi connectivity index (χ1v) is 7.09. The molecule has 3 nitrogen and oxygen atoms in total. The van der Waals surface area contributed by atoms with Crippen molar-refractivity contribution in [2.75, 3.05) is 0 Å². The van der Waals surface area contributed by atoms with Gasteiger partial charge in [0.1, 0.15) is 0 Å². The van der Waals surface area contributed by atoms with Crippen LogP contribution in [0.15, 0.2) is 17.5 Å². The van der Waals surface area contributed by atoms with E-state index in [4.69, 9.17) is 5.73 Å². The van der Waals surface area contributed by atoms with Crippen LogP contribution in [-0.4, -0.2) is 11.4 Å². The molecule has 1 atom stereocenters. The van der Waals surface area contributed by atoms with E-state index in [1.807, 2.05) is 24.4 Å². The van der Waals surface area contributed by atoms with Gasteiger partial charge in [0.2, 0.25) is 5.91 Å². The highest BCUT2D eigenvalue weighted by atomic mass is 32.1. The van der Waals surface area contributed by atoms with Gasteiger partial charge in [0.05, 0.1) is 6.04 Å². The zero-order valence-corrected chi connectivity index (χ0v) is 11.1. The molecule has 1 heterocycles. The van der Waals surface area contributed by atoms with Crippen molar-refractivity contribution >= 4 is 17.2 Å². The molecule has 0 radical (unpaired) electrons. The summed E-state index contributed by atoms with van der Waals surface area (Å²) in [6.45, 7) is 2.02.